The van der Waals surface area contributed by atoms with E-state index in [0.717, 1.165) is 43.5 Å². The molecule has 2 N–H and O–H groups in total. The Labute approximate surface area is 115 Å². The largest absolute Gasteiger partial charge is 0.478 e. The average molecular weight is 273 g/mol. The Bertz CT molecular complexity index is 657. The number of aliphatic carboxylic acids is 1. The van der Waals surface area contributed by atoms with Crippen molar-refractivity contribution in [2.45, 2.75) is 0 Å². The molecule has 1 aromatic heterocycles. The summed E-state index contributed by atoms with van der Waals surface area (Å²) in [6.07, 6.45) is 2.39. The average Bonchev–Trinajstić information content (AvgIpc) is 2.89. The van der Waals surface area contributed by atoms with E-state index in [-0.39, 0.29) is 0 Å². The third-order valence-corrected chi connectivity index (χ3v) is 3.24. The number of piperazine rings is 1. The van der Waals surface area contributed by atoms with Crippen LogP contribution < -0.4 is 10.2 Å². The zero-order chi connectivity index (χ0) is 13.9. The molecule has 0 atom stereocenters. The lowest BCUT2D eigenvalue weighted by molar-refractivity contribution is -0.131. The number of carboxylic acids is 1. The molecule has 3 rings (SSSR count). The summed E-state index contributed by atoms with van der Waals surface area (Å²) in [5.74, 6) is -0.709. The van der Waals surface area contributed by atoms with Crippen molar-refractivity contribution in [2.24, 2.45) is 0 Å². The van der Waals surface area contributed by atoms with E-state index in [1.807, 2.05) is 18.2 Å². The number of anilines is 1. The first-order chi connectivity index (χ1) is 9.74. The molecule has 1 aliphatic rings. The standard InChI is InChI=1S/C14H15N3O3/c18-13(19)5-4-12-16-14-10(2-1-3-11(14)20-12)17-8-6-15-7-9-17/h1-5,15H,6-9H2,(H,18,19)/b5-4-. The molecule has 2 aromatic rings. The predicted octanol–water partition coefficient (Wildman–Crippen LogP) is 1.34. The van der Waals surface area contributed by atoms with Crippen molar-refractivity contribution < 1.29 is 14.3 Å². The number of hydrogen-bond donors (Lipinski definition) is 2. The number of hydrogen-bond acceptors (Lipinski definition) is 5. The molecule has 104 valence electrons. The van der Waals surface area contributed by atoms with Gasteiger partial charge in [-0.3, -0.25) is 0 Å². The van der Waals surface area contributed by atoms with Crippen molar-refractivity contribution in [3.63, 3.8) is 0 Å². The van der Waals surface area contributed by atoms with Gasteiger partial charge in [0.05, 0.1) is 5.69 Å². The summed E-state index contributed by atoms with van der Waals surface area (Å²) in [6.45, 7) is 3.73. The van der Waals surface area contributed by atoms with Gasteiger partial charge in [0.1, 0.15) is 5.52 Å². The minimum atomic E-state index is -1.02. The molecular formula is C14H15N3O3. The second-order valence-corrected chi connectivity index (χ2v) is 4.58. The number of carbonyl (C=O) groups is 1. The molecule has 0 bridgehead atoms. The normalized spacial score (nSPS) is 16.1. The van der Waals surface area contributed by atoms with Gasteiger partial charge in [0.25, 0.3) is 0 Å². The smallest absolute Gasteiger partial charge is 0.328 e. The first kappa shape index (κ1) is 12.7. The first-order valence-electron chi connectivity index (χ1n) is 6.50. The third kappa shape index (κ3) is 2.50. The Morgan fingerprint density at radius 1 is 1.40 bits per heavy atom. The Morgan fingerprint density at radius 2 is 2.20 bits per heavy atom. The van der Waals surface area contributed by atoms with Crippen molar-refractivity contribution in [3.05, 3.63) is 30.2 Å². The number of aromatic nitrogens is 1. The summed E-state index contributed by atoms with van der Waals surface area (Å²) in [5, 5.41) is 11.9. The molecule has 0 saturated carbocycles. The molecule has 1 aliphatic heterocycles. The number of nitrogens with zero attached hydrogens (tertiary/aromatic N) is 2. The molecule has 0 aliphatic carbocycles. The van der Waals surface area contributed by atoms with Crippen LogP contribution in [-0.4, -0.2) is 42.2 Å². The molecule has 6 heteroatoms. The topological polar surface area (TPSA) is 78.6 Å². The fourth-order valence-electron chi connectivity index (χ4n) is 2.33. The van der Waals surface area contributed by atoms with E-state index in [1.54, 1.807) is 0 Å². The molecule has 0 radical (unpaired) electrons. The monoisotopic (exact) mass is 273 g/mol. The van der Waals surface area contributed by atoms with Crippen molar-refractivity contribution in [1.82, 2.24) is 10.3 Å². The predicted molar refractivity (Wildman–Crippen MR) is 75.8 cm³/mol. The van der Waals surface area contributed by atoms with Gasteiger partial charge in [-0.05, 0) is 12.1 Å². The first-order valence-corrected chi connectivity index (χ1v) is 6.50. The molecule has 1 fully saturated rings. The van der Waals surface area contributed by atoms with E-state index in [4.69, 9.17) is 9.52 Å². The van der Waals surface area contributed by atoms with E-state index >= 15 is 0 Å². The number of fused-ring (bicyclic) bond motifs is 1. The van der Waals surface area contributed by atoms with E-state index in [1.165, 1.54) is 6.08 Å². The number of nitrogens with one attached hydrogen (secondary N) is 1. The van der Waals surface area contributed by atoms with Crippen LogP contribution in [0.15, 0.2) is 28.7 Å². The number of rotatable bonds is 3. The van der Waals surface area contributed by atoms with Crippen LogP contribution in [-0.2, 0) is 4.79 Å². The lowest BCUT2D eigenvalue weighted by Crippen LogP contribution is -2.43. The quantitative estimate of drug-likeness (QED) is 0.822. The Hall–Kier alpha value is -2.34. The van der Waals surface area contributed by atoms with Crippen LogP contribution in [0.1, 0.15) is 5.89 Å². The molecule has 6 nitrogen and oxygen atoms in total. The highest BCUT2D eigenvalue weighted by molar-refractivity contribution is 5.89. The molecule has 1 saturated heterocycles. The lowest BCUT2D eigenvalue weighted by Gasteiger charge is -2.29. The summed E-state index contributed by atoms with van der Waals surface area (Å²) >= 11 is 0. The fraction of sp³-hybridized carbons (Fsp3) is 0.286. The van der Waals surface area contributed by atoms with Gasteiger partial charge in [-0.15, -0.1) is 0 Å². The van der Waals surface area contributed by atoms with Gasteiger partial charge in [0.15, 0.2) is 5.58 Å². The van der Waals surface area contributed by atoms with E-state index in [2.05, 4.69) is 15.2 Å². The number of para-hydroxylation sites is 1. The van der Waals surface area contributed by atoms with Crippen LogP contribution in [0.25, 0.3) is 17.2 Å². The van der Waals surface area contributed by atoms with Crippen LogP contribution in [0.2, 0.25) is 0 Å². The Kier molecular flexibility index (Phi) is 3.39. The van der Waals surface area contributed by atoms with Gasteiger partial charge in [-0.25, -0.2) is 9.78 Å². The summed E-state index contributed by atoms with van der Waals surface area (Å²) in [7, 11) is 0. The summed E-state index contributed by atoms with van der Waals surface area (Å²) in [5.41, 5.74) is 2.48. The highest BCUT2D eigenvalue weighted by Gasteiger charge is 2.16. The second-order valence-electron chi connectivity index (χ2n) is 4.58. The van der Waals surface area contributed by atoms with Crippen LogP contribution in [0.3, 0.4) is 0 Å². The summed E-state index contributed by atoms with van der Waals surface area (Å²) in [4.78, 5) is 17.2. The number of benzene rings is 1. The molecule has 1 aromatic carbocycles. The summed E-state index contributed by atoms with van der Waals surface area (Å²) in [6, 6.07) is 5.78. The molecule has 2 heterocycles. The molecule has 0 unspecified atom stereocenters. The van der Waals surface area contributed by atoms with Crippen LogP contribution in [0.5, 0.6) is 0 Å². The molecule has 0 amide bonds. The van der Waals surface area contributed by atoms with Gasteiger partial charge in [-0.1, -0.05) is 6.07 Å². The zero-order valence-corrected chi connectivity index (χ0v) is 10.9. The highest BCUT2D eigenvalue weighted by atomic mass is 16.4. The number of carboxylic acid groups (broad SMARTS) is 1. The van der Waals surface area contributed by atoms with Crippen LogP contribution in [0, 0.1) is 0 Å². The van der Waals surface area contributed by atoms with Crippen molar-refractivity contribution in [1.29, 1.82) is 0 Å². The maximum atomic E-state index is 10.5. The molecular weight excluding hydrogens is 258 g/mol. The third-order valence-electron chi connectivity index (χ3n) is 3.24. The number of oxazole rings is 1. The lowest BCUT2D eigenvalue weighted by atomic mass is 10.2. The van der Waals surface area contributed by atoms with Gasteiger partial charge in [-0.2, -0.15) is 0 Å². The van der Waals surface area contributed by atoms with Crippen molar-refractivity contribution >= 4 is 28.8 Å². The maximum absolute atomic E-state index is 10.5. The van der Waals surface area contributed by atoms with E-state index < -0.39 is 5.97 Å². The maximum Gasteiger partial charge on any atom is 0.328 e. The van der Waals surface area contributed by atoms with Gasteiger partial charge in [0, 0.05) is 38.3 Å². The molecule has 0 spiro atoms. The SMILES string of the molecule is O=C(O)/C=C\c1nc2c(N3CCNCC3)cccc2o1. The van der Waals surface area contributed by atoms with Crippen molar-refractivity contribution in [2.75, 3.05) is 31.1 Å². The highest BCUT2D eigenvalue weighted by Crippen LogP contribution is 2.27. The van der Waals surface area contributed by atoms with Crippen LogP contribution in [0.4, 0.5) is 5.69 Å². The minimum absolute atomic E-state index is 0.310. The van der Waals surface area contributed by atoms with E-state index in [9.17, 15) is 4.79 Å². The van der Waals surface area contributed by atoms with Crippen molar-refractivity contribution in [3.8, 4) is 0 Å². The van der Waals surface area contributed by atoms with Gasteiger partial charge >= 0.3 is 5.97 Å². The van der Waals surface area contributed by atoms with Gasteiger partial charge in [0.2, 0.25) is 5.89 Å². The van der Waals surface area contributed by atoms with Crippen LogP contribution >= 0.6 is 0 Å². The molecule has 20 heavy (non-hydrogen) atoms. The minimum Gasteiger partial charge on any atom is -0.478 e. The second kappa shape index (κ2) is 5.34. The zero-order valence-electron chi connectivity index (χ0n) is 10.9. The Balaban J connectivity index is 1.98. The Morgan fingerprint density at radius 3 is 2.95 bits per heavy atom. The summed E-state index contributed by atoms with van der Waals surface area (Å²) < 4.78 is 5.55. The van der Waals surface area contributed by atoms with E-state index in [0.29, 0.717) is 11.5 Å². The fourth-order valence-corrected chi connectivity index (χ4v) is 2.33. The van der Waals surface area contributed by atoms with Gasteiger partial charge < -0.3 is 19.7 Å².